The van der Waals surface area contributed by atoms with E-state index in [2.05, 4.69) is 18.2 Å². The highest BCUT2D eigenvalue weighted by molar-refractivity contribution is 5.74. The highest BCUT2D eigenvalue weighted by atomic mass is 16.5. The van der Waals surface area contributed by atoms with E-state index >= 15 is 0 Å². The zero-order chi connectivity index (χ0) is 20.2. The fourth-order valence-electron chi connectivity index (χ4n) is 3.33. The number of para-hydroxylation sites is 1. The molecule has 0 saturated carbocycles. The highest BCUT2D eigenvalue weighted by Gasteiger charge is 2.18. The standard InChI is InChI=1S/C24H22N2O3/c1-27-22-14-18(15-23(28-2)24(22)29-3)21-16-20(17-10-6-4-7-11-17)25-26(21)19-12-8-5-9-13-19/h4-16H,1-3H3. The molecule has 0 aliphatic heterocycles. The first kappa shape index (κ1) is 18.6. The molecule has 4 rings (SSSR count). The number of nitrogens with zero attached hydrogens (tertiary/aromatic N) is 2. The number of aromatic nitrogens is 2. The summed E-state index contributed by atoms with van der Waals surface area (Å²) in [6.45, 7) is 0. The van der Waals surface area contributed by atoms with Gasteiger partial charge in [0.05, 0.1) is 38.4 Å². The Balaban J connectivity index is 1.94. The number of benzene rings is 3. The van der Waals surface area contributed by atoms with Crippen LogP contribution in [0, 0.1) is 0 Å². The lowest BCUT2D eigenvalue weighted by atomic mass is 10.1. The monoisotopic (exact) mass is 386 g/mol. The van der Waals surface area contributed by atoms with E-state index in [0.717, 1.165) is 28.2 Å². The lowest BCUT2D eigenvalue weighted by Gasteiger charge is -2.15. The van der Waals surface area contributed by atoms with Gasteiger partial charge in [-0.25, -0.2) is 4.68 Å². The minimum absolute atomic E-state index is 0.563. The lowest BCUT2D eigenvalue weighted by Crippen LogP contribution is -2.00. The zero-order valence-electron chi connectivity index (χ0n) is 16.6. The molecule has 1 heterocycles. The molecule has 0 bridgehead atoms. The first-order valence-electron chi connectivity index (χ1n) is 9.26. The molecule has 0 unspecified atom stereocenters. The smallest absolute Gasteiger partial charge is 0.203 e. The summed E-state index contributed by atoms with van der Waals surface area (Å²) < 4.78 is 18.5. The van der Waals surface area contributed by atoms with Crippen molar-refractivity contribution in [2.75, 3.05) is 21.3 Å². The Bertz CT molecular complexity index is 1080. The predicted molar refractivity (Wildman–Crippen MR) is 114 cm³/mol. The van der Waals surface area contributed by atoms with Crippen molar-refractivity contribution in [3.63, 3.8) is 0 Å². The SMILES string of the molecule is COc1cc(-c2cc(-c3ccccc3)nn2-c2ccccc2)cc(OC)c1OC. The second kappa shape index (κ2) is 8.10. The summed E-state index contributed by atoms with van der Waals surface area (Å²) >= 11 is 0. The Kier molecular flexibility index (Phi) is 5.20. The van der Waals surface area contributed by atoms with Crippen LogP contribution in [0.1, 0.15) is 0 Å². The topological polar surface area (TPSA) is 45.5 Å². The largest absolute Gasteiger partial charge is 0.493 e. The van der Waals surface area contributed by atoms with E-state index in [1.807, 2.05) is 65.3 Å². The third-order valence-electron chi connectivity index (χ3n) is 4.74. The van der Waals surface area contributed by atoms with Crippen LogP contribution in [0.4, 0.5) is 0 Å². The quantitative estimate of drug-likeness (QED) is 0.455. The van der Waals surface area contributed by atoms with Gasteiger partial charge in [0.25, 0.3) is 0 Å². The van der Waals surface area contributed by atoms with E-state index in [9.17, 15) is 0 Å². The number of rotatable bonds is 6. The zero-order valence-corrected chi connectivity index (χ0v) is 16.6. The summed E-state index contributed by atoms with van der Waals surface area (Å²) in [6.07, 6.45) is 0. The van der Waals surface area contributed by atoms with Gasteiger partial charge in [-0.3, -0.25) is 0 Å². The molecule has 0 aliphatic rings. The van der Waals surface area contributed by atoms with Gasteiger partial charge >= 0.3 is 0 Å². The average Bonchev–Trinajstić information content (AvgIpc) is 3.24. The fourth-order valence-corrected chi connectivity index (χ4v) is 3.33. The molecule has 3 aromatic carbocycles. The van der Waals surface area contributed by atoms with E-state index in [1.165, 1.54) is 0 Å². The van der Waals surface area contributed by atoms with Gasteiger partial charge in [0.15, 0.2) is 11.5 Å². The van der Waals surface area contributed by atoms with E-state index in [-0.39, 0.29) is 0 Å². The summed E-state index contributed by atoms with van der Waals surface area (Å²) in [5, 5.41) is 4.88. The molecule has 5 heteroatoms. The van der Waals surface area contributed by atoms with Gasteiger partial charge in [-0.2, -0.15) is 5.10 Å². The van der Waals surface area contributed by atoms with Crippen LogP contribution in [0.3, 0.4) is 0 Å². The molecule has 146 valence electrons. The molecular weight excluding hydrogens is 364 g/mol. The maximum Gasteiger partial charge on any atom is 0.203 e. The Morgan fingerprint density at radius 1 is 0.655 bits per heavy atom. The molecule has 0 fully saturated rings. The molecule has 0 saturated heterocycles. The Hall–Kier alpha value is -3.73. The van der Waals surface area contributed by atoms with Crippen molar-refractivity contribution in [2.24, 2.45) is 0 Å². The molecule has 0 radical (unpaired) electrons. The highest BCUT2D eigenvalue weighted by Crippen LogP contribution is 2.42. The van der Waals surface area contributed by atoms with Crippen molar-refractivity contribution >= 4 is 0 Å². The van der Waals surface area contributed by atoms with Crippen LogP contribution >= 0.6 is 0 Å². The minimum atomic E-state index is 0.563. The van der Waals surface area contributed by atoms with Gasteiger partial charge in [-0.05, 0) is 30.3 Å². The van der Waals surface area contributed by atoms with Gasteiger partial charge in [-0.15, -0.1) is 0 Å². The molecule has 0 atom stereocenters. The van der Waals surface area contributed by atoms with Crippen molar-refractivity contribution in [3.05, 3.63) is 78.9 Å². The maximum absolute atomic E-state index is 5.54. The van der Waals surface area contributed by atoms with E-state index in [1.54, 1.807) is 21.3 Å². The molecule has 0 amide bonds. The number of hydrogen-bond donors (Lipinski definition) is 0. The molecular formula is C24H22N2O3. The summed E-state index contributed by atoms with van der Waals surface area (Å²) in [5.74, 6) is 1.76. The van der Waals surface area contributed by atoms with Crippen molar-refractivity contribution < 1.29 is 14.2 Å². The van der Waals surface area contributed by atoms with Crippen LogP contribution in [0.15, 0.2) is 78.9 Å². The Morgan fingerprint density at radius 3 is 1.79 bits per heavy atom. The third kappa shape index (κ3) is 3.55. The third-order valence-corrected chi connectivity index (χ3v) is 4.74. The minimum Gasteiger partial charge on any atom is -0.493 e. The fraction of sp³-hybridized carbons (Fsp3) is 0.125. The predicted octanol–water partition coefficient (Wildman–Crippen LogP) is 5.23. The molecule has 29 heavy (non-hydrogen) atoms. The van der Waals surface area contributed by atoms with Crippen LogP contribution in [0.5, 0.6) is 17.2 Å². The molecule has 1 aromatic heterocycles. The summed E-state index contributed by atoms with van der Waals surface area (Å²) in [4.78, 5) is 0. The van der Waals surface area contributed by atoms with Crippen LogP contribution < -0.4 is 14.2 Å². The average molecular weight is 386 g/mol. The second-order valence-corrected chi connectivity index (χ2v) is 6.44. The van der Waals surface area contributed by atoms with Crippen LogP contribution in [0.2, 0.25) is 0 Å². The summed E-state index contributed by atoms with van der Waals surface area (Å²) in [5.41, 5.74) is 4.75. The van der Waals surface area contributed by atoms with E-state index < -0.39 is 0 Å². The molecule has 5 nitrogen and oxygen atoms in total. The first-order valence-corrected chi connectivity index (χ1v) is 9.26. The van der Waals surface area contributed by atoms with E-state index in [0.29, 0.717) is 17.2 Å². The molecule has 4 aromatic rings. The normalized spacial score (nSPS) is 10.6. The van der Waals surface area contributed by atoms with Crippen LogP contribution in [-0.4, -0.2) is 31.1 Å². The second-order valence-electron chi connectivity index (χ2n) is 6.44. The van der Waals surface area contributed by atoms with Crippen LogP contribution in [0.25, 0.3) is 28.2 Å². The summed E-state index contributed by atoms with van der Waals surface area (Å²) in [7, 11) is 4.83. The maximum atomic E-state index is 5.54. The van der Waals surface area contributed by atoms with Crippen molar-refractivity contribution in [2.45, 2.75) is 0 Å². The molecule has 0 aliphatic carbocycles. The van der Waals surface area contributed by atoms with Crippen LogP contribution in [-0.2, 0) is 0 Å². The van der Waals surface area contributed by atoms with Crippen molar-refractivity contribution in [1.82, 2.24) is 9.78 Å². The lowest BCUT2D eigenvalue weighted by molar-refractivity contribution is 0.324. The van der Waals surface area contributed by atoms with Crippen molar-refractivity contribution in [3.8, 4) is 45.5 Å². The molecule has 0 N–H and O–H groups in total. The molecule has 0 spiro atoms. The van der Waals surface area contributed by atoms with Gasteiger partial charge < -0.3 is 14.2 Å². The number of hydrogen-bond acceptors (Lipinski definition) is 4. The van der Waals surface area contributed by atoms with Gasteiger partial charge in [0, 0.05) is 11.1 Å². The Morgan fingerprint density at radius 2 is 1.24 bits per heavy atom. The van der Waals surface area contributed by atoms with Gasteiger partial charge in [0.2, 0.25) is 5.75 Å². The van der Waals surface area contributed by atoms with Crippen molar-refractivity contribution in [1.29, 1.82) is 0 Å². The summed E-state index contributed by atoms with van der Waals surface area (Å²) in [6, 6.07) is 26.1. The number of ether oxygens (including phenoxy) is 3. The van der Waals surface area contributed by atoms with Gasteiger partial charge in [0.1, 0.15) is 0 Å². The van der Waals surface area contributed by atoms with Gasteiger partial charge in [-0.1, -0.05) is 48.5 Å². The van der Waals surface area contributed by atoms with E-state index in [4.69, 9.17) is 19.3 Å². The Labute approximate surface area is 170 Å². The number of methoxy groups -OCH3 is 3. The first-order chi connectivity index (χ1) is 14.2.